The molecule has 622 valence electrons. The second kappa shape index (κ2) is 42.4. The number of carboxylic acids is 1. The summed E-state index contributed by atoms with van der Waals surface area (Å²) in [4.78, 5) is 31.2. The lowest BCUT2D eigenvalue weighted by molar-refractivity contribution is -0.137. The van der Waals surface area contributed by atoms with Gasteiger partial charge in [-0.05, 0) is 132 Å². The maximum Gasteiger partial charge on any atom is 0.317 e. The van der Waals surface area contributed by atoms with E-state index in [0.29, 0.717) is 146 Å². The second-order valence-electron chi connectivity index (χ2n) is 30.8. The van der Waals surface area contributed by atoms with Crippen LogP contribution in [0.5, 0.6) is 34.5 Å². The number of aliphatic carboxylic acids is 1. The number of hydrogen-bond acceptors (Lipinski definition) is 19. The van der Waals surface area contributed by atoms with E-state index in [1.54, 1.807) is 75.6 Å². The van der Waals surface area contributed by atoms with Crippen LogP contribution in [0.3, 0.4) is 0 Å². The molecule has 7 N–H and O–H groups in total. The fourth-order valence-corrected chi connectivity index (χ4v) is 14.5. The van der Waals surface area contributed by atoms with Gasteiger partial charge >= 0.3 is 5.97 Å². The fourth-order valence-electron chi connectivity index (χ4n) is 12.7. The Labute approximate surface area is 693 Å². The van der Waals surface area contributed by atoms with Crippen molar-refractivity contribution in [1.82, 2.24) is 53.3 Å². The standard InChI is InChI=1S/2C32H39FN6O4Si.C15H15BrN4O.C4H9NO2.CH4/c1-22-36-25(19-38(22)21-41-14-15-44(3,4)5)20-42-28-16-24(33)17-29(18-28)43-27-8-6-23(7-9-27)30-31(35-2)32(34)39(37-30)26-10-12-40-13-11-26;1-22-36-19-26(38(22)21-41-14-15-44(3,4)5)20-42-28-16-24(33)17-29(18-28)43-27-8-6-23(7-9-27)30-31(35-2)32(34)39(37-30)25-10-12-40-13-11-25;1-18-14-13(10-2-4-11(16)5-3-10)19-20(15(14)17)12-6-8-21-9-7-12;1-5(2)3-4(6)7;/h6-9,16-19,26H,10-15,20-21,34H2,1,3-5H3;6-9,16-19,25H,10-15,20-21,34H2,1,3-5H3;2-5,12H,6-9,17H2;3H2,1-2H3,(H,6,7);1H4. The number of nitrogen functional groups attached to an aromatic ring is 3. The van der Waals surface area contributed by atoms with Crippen LogP contribution in [0, 0.1) is 45.2 Å². The fraction of sp³-hybridized carbons (Fsp3) is 0.417. The van der Waals surface area contributed by atoms with Crippen LogP contribution in [0.2, 0.25) is 51.4 Å². The molecule has 3 aliphatic rings. The summed E-state index contributed by atoms with van der Waals surface area (Å²) in [6, 6.07) is 33.1. The normalized spacial score (nSPS) is 13.9. The van der Waals surface area contributed by atoms with E-state index < -0.39 is 33.8 Å². The van der Waals surface area contributed by atoms with Gasteiger partial charge in [0.25, 0.3) is 17.1 Å². The molecule has 5 aromatic heterocycles. The third-order valence-electron chi connectivity index (χ3n) is 19.1. The number of rotatable bonds is 28. The lowest BCUT2D eigenvalue weighted by Gasteiger charge is -2.23. The van der Waals surface area contributed by atoms with Crippen molar-refractivity contribution in [2.24, 2.45) is 0 Å². The summed E-state index contributed by atoms with van der Waals surface area (Å²) in [6.45, 7) is 47.2. The smallest absolute Gasteiger partial charge is 0.317 e. The predicted octanol–water partition coefficient (Wildman–Crippen LogP) is 18.8. The number of benzene rings is 5. The van der Waals surface area contributed by atoms with E-state index in [4.69, 9.17) is 94.9 Å². The number of carboxylic acid groups (broad SMARTS) is 1. The zero-order chi connectivity index (χ0) is 83.2. The molecule has 0 bridgehead atoms. The minimum Gasteiger partial charge on any atom is -0.487 e. The molecule has 0 saturated carbocycles. The van der Waals surface area contributed by atoms with Gasteiger partial charge in [-0.15, -0.1) is 0 Å². The molecule has 0 aliphatic carbocycles. The SMILES string of the molecule is C.CN(C)CC(=O)O.[C-]#[N+]c1c(-c2ccc(Br)cc2)nn(C2CCOCC2)c1N.[C-]#[N+]c1c(-c2ccc(Oc3cc(F)cc(OCc4cn(COCC[Si](C)(C)C)c(C)n4)c3)cc2)nn(C2CCOCC2)c1N.[C-]#[N+]c1c(-c2ccc(Oc3cc(F)cc(OCc4cnc(C)n4COCC[Si](C)(C)C)c3)cc2)nn(C2CCOCC2)c1N. The van der Waals surface area contributed by atoms with Crippen molar-refractivity contribution in [1.29, 1.82) is 0 Å². The van der Waals surface area contributed by atoms with E-state index in [1.165, 1.54) is 24.3 Å². The van der Waals surface area contributed by atoms with Crippen LogP contribution in [0.15, 0.2) is 126 Å². The van der Waals surface area contributed by atoms with Gasteiger partial charge in [-0.3, -0.25) is 23.7 Å². The largest absolute Gasteiger partial charge is 0.487 e. The number of halogens is 3. The highest BCUT2D eigenvalue weighted by molar-refractivity contribution is 9.10. The number of nitrogens with zero attached hydrogens (tertiary/aromatic N) is 14. The summed E-state index contributed by atoms with van der Waals surface area (Å²) in [5.74, 6) is 3.31. The van der Waals surface area contributed by atoms with Crippen molar-refractivity contribution >= 4 is 72.6 Å². The van der Waals surface area contributed by atoms with E-state index in [-0.39, 0.29) is 45.3 Å². The van der Waals surface area contributed by atoms with Gasteiger partial charge in [-0.25, -0.2) is 33.3 Å². The molecule has 0 radical (unpaired) electrons. The Kier molecular flexibility index (Phi) is 32.7. The molecule has 33 heteroatoms. The van der Waals surface area contributed by atoms with Gasteiger partial charge in [0.15, 0.2) is 0 Å². The molecule has 5 aromatic carbocycles. The van der Waals surface area contributed by atoms with E-state index >= 15 is 0 Å². The first kappa shape index (κ1) is 90.1. The second-order valence-corrected chi connectivity index (χ2v) is 43.0. The molecule has 0 unspecified atom stereocenters. The van der Waals surface area contributed by atoms with E-state index in [0.717, 1.165) is 101 Å². The van der Waals surface area contributed by atoms with Crippen LogP contribution < -0.4 is 36.1 Å². The first-order valence-corrected chi connectivity index (χ1v) is 46.5. The Morgan fingerprint density at radius 3 is 1.31 bits per heavy atom. The number of aryl methyl sites for hydroxylation is 2. The van der Waals surface area contributed by atoms with E-state index in [2.05, 4.69) is 84.8 Å². The Balaban J connectivity index is 0.000000201. The summed E-state index contributed by atoms with van der Waals surface area (Å²) in [5.41, 5.74) is 25.5. The van der Waals surface area contributed by atoms with Crippen molar-refractivity contribution in [3.8, 4) is 68.3 Å². The maximum absolute atomic E-state index is 14.6. The molecule has 0 atom stereocenters. The molecule has 10 aromatic rings. The monoisotopic (exact) mass is 1700 g/mol. The zero-order valence-electron chi connectivity index (χ0n) is 67.3. The highest BCUT2D eigenvalue weighted by Gasteiger charge is 2.29. The van der Waals surface area contributed by atoms with Crippen molar-refractivity contribution in [2.75, 3.05) is 90.7 Å². The first-order chi connectivity index (χ1) is 55.5. The Hall–Kier alpha value is -10.8. The van der Waals surface area contributed by atoms with Gasteiger partial charge in [0.1, 0.15) is 119 Å². The topological polar surface area (TPSA) is 304 Å². The molecule has 13 rings (SSSR count). The van der Waals surface area contributed by atoms with Gasteiger partial charge in [0, 0.05) is 116 Å². The lowest BCUT2D eigenvalue weighted by atomic mass is 10.1. The van der Waals surface area contributed by atoms with E-state index in [1.807, 2.05) is 77.7 Å². The number of hydrogen-bond donors (Lipinski definition) is 4. The number of anilines is 3. The van der Waals surface area contributed by atoms with Gasteiger partial charge in [0.2, 0.25) is 0 Å². The molecule has 8 heterocycles. The molecular weight excluding hydrogens is 1600 g/mol. The molecule has 0 spiro atoms. The molecule has 28 nitrogen and oxygen atoms in total. The average Bonchev–Trinajstić information content (AvgIpc) is 1.65. The van der Waals surface area contributed by atoms with Gasteiger partial charge in [-0.1, -0.05) is 99.0 Å². The molecular formula is C84H106BrF2N17O11Si2. The van der Waals surface area contributed by atoms with E-state index in [9.17, 15) is 13.6 Å². The summed E-state index contributed by atoms with van der Waals surface area (Å²) < 4.78 is 91.0. The summed E-state index contributed by atoms with van der Waals surface area (Å²) >= 11 is 3.41. The minimum absolute atomic E-state index is 0. The van der Waals surface area contributed by atoms with Crippen LogP contribution in [0.1, 0.15) is 87.1 Å². The molecule has 3 aliphatic heterocycles. The molecule has 3 fully saturated rings. The van der Waals surface area contributed by atoms with Gasteiger partial charge < -0.3 is 74.1 Å². The highest BCUT2D eigenvalue weighted by Crippen LogP contribution is 2.43. The van der Waals surface area contributed by atoms with Crippen molar-refractivity contribution in [3.63, 3.8) is 0 Å². The number of nitrogens with two attached hydrogens (primary N) is 3. The molecule has 3 saturated heterocycles. The van der Waals surface area contributed by atoms with Crippen molar-refractivity contribution in [2.45, 2.75) is 156 Å². The summed E-state index contributed by atoms with van der Waals surface area (Å²) in [5, 5.41) is 22.0. The van der Waals surface area contributed by atoms with Crippen LogP contribution >= 0.6 is 15.9 Å². The minimum atomic E-state index is -1.18. The van der Waals surface area contributed by atoms with Crippen molar-refractivity contribution in [3.05, 3.63) is 195 Å². The first-order valence-electron chi connectivity index (χ1n) is 38.3. The Bertz CT molecular complexity index is 5040. The van der Waals surface area contributed by atoms with Gasteiger partial charge in [-0.2, -0.15) is 15.3 Å². The lowest BCUT2D eigenvalue weighted by Crippen LogP contribution is -2.22. The Morgan fingerprint density at radius 1 is 0.564 bits per heavy atom. The predicted molar refractivity (Wildman–Crippen MR) is 457 cm³/mol. The number of ether oxygens (including phenoxy) is 9. The number of likely N-dealkylation sites (N-methyl/N-ethyl adjacent to an activating group) is 1. The van der Waals surface area contributed by atoms with Crippen LogP contribution in [-0.4, -0.2) is 154 Å². The third kappa shape index (κ3) is 25.9. The number of aromatic nitrogens is 10. The summed E-state index contributed by atoms with van der Waals surface area (Å²) in [7, 11) is 1.11. The highest BCUT2D eigenvalue weighted by atomic mass is 79.9. The zero-order valence-corrected chi connectivity index (χ0v) is 70.9. The quantitative estimate of drug-likeness (QED) is 0.0201. The maximum atomic E-state index is 14.6. The number of carbonyl (C=O) groups is 1. The molecule has 0 amide bonds. The van der Waals surface area contributed by atoms with Crippen LogP contribution in [0.4, 0.5) is 43.3 Å². The van der Waals surface area contributed by atoms with Gasteiger partial charge in [0.05, 0.1) is 62.0 Å². The van der Waals surface area contributed by atoms with Crippen LogP contribution in [0.25, 0.3) is 48.3 Å². The summed E-state index contributed by atoms with van der Waals surface area (Å²) in [6.07, 6.45) is 8.58. The average molecular weight is 1700 g/mol. The van der Waals surface area contributed by atoms with Crippen LogP contribution in [-0.2, 0) is 55.2 Å². The molecule has 117 heavy (non-hydrogen) atoms. The Morgan fingerprint density at radius 2 is 0.940 bits per heavy atom. The number of imidazole rings is 2. The van der Waals surface area contributed by atoms with Crippen molar-refractivity contribution < 1.29 is 61.3 Å². The third-order valence-corrected chi connectivity index (χ3v) is 23.0.